The van der Waals surface area contributed by atoms with Crippen LogP contribution >= 0.6 is 15.9 Å². The lowest BCUT2D eigenvalue weighted by Gasteiger charge is -2.13. The van der Waals surface area contributed by atoms with Crippen LogP contribution in [0.5, 0.6) is 0 Å². The van der Waals surface area contributed by atoms with E-state index in [4.69, 9.17) is 9.84 Å². The molecule has 0 radical (unpaired) electrons. The molecular weight excluding hydrogens is 298 g/mol. The number of ether oxygens (including phenoxy) is 1. The van der Waals surface area contributed by atoms with Crippen molar-refractivity contribution >= 4 is 21.9 Å². The fraction of sp³-hybridized carbons (Fsp3) is 0.625. The molecule has 1 aliphatic heterocycles. The number of halogens is 1. The lowest BCUT2D eigenvalue weighted by atomic mass is 10.2. The first-order valence-corrected chi connectivity index (χ1v) is 5.73. The van der Waals surface area contributed by atoms with Crippen LogP contribution in [0.1, 0.15) is 6.23 Å². The van der Waals surface area contributed by atoms with E-state index in [1.807, 2.05) is 0 Å². The largest absolute Gasteiger partial charge is 0.436 e. The number of aliphatic hydroxyl groups is 2. The number of alkyl halides is 1. The van der Waals surface area contributed by atoms with Gasteiger partial charge in [-0.3, -0.25) is 0 Å². The minimum absolute atomic E-state index is 0.286. The number of rotatable bonds is 3. The molecule has 9 heteroatoms. The van der Waals surface area contributed by atoms with E-state index >= 15 is 0 Å². The highest BCUT2D eigenvalue weighted by Gasteiger charge is 2.46. The van der Waals surface area contributed by atoms with Crippen LogP contribution in [0.25, 0.3) is 0 Å². The molecule has 2 heterocycles. The SMILES string of the molecule is O=[N+]([O-])c1nccn1[C@@H]1OC(CO)[C@H](Br)[C@H]1O. The van der Waals surface area contributed by atoms with Gasteiger partial charge in [-0.1, -0.05) is 20.9 Å². The minimum Gasteiger partial charge on any atom is -0.394 e. The molecule has 1 fully saturated rings. The Bertz CT molecular complexity index is 425. The van der Waals surface area contributed by atoms with Gasteiger partial charge in [0.1, 0.15) is 18.5 Å². The molecule has 94 valence electrons. The van der Waals surface area contributed by atoms with Crippen LogP contribution in [-0.4, -0.2) is 48.3 Å². The summed E-state index contributed by atoms with van der Waals surface area (Å²) in [6.07, 6.45) is 0.0614. The van der Waals surface area contributed by atoms with Crippen LogP contribution < -0.4 is 0 Å². The Kier molecular flexibility index (Phi) is 3.43. The third kappa shape index (κ3) is 2.06. The summed E-state index contributed by atoms with van der Waals surface area (Å²) in [6.45, 7) is -0.286. The summed E-state index contributed by atoms with van der Waals surface area (Å²) >= 11 is 3.18. The molecular formula is C8H10BrN3O5. The van der Waals surface area contributed by atoms with Gasteiger partial charge in [0, 0.05) is 0 Å². The summed E-state index contributed by atoms with van der Waals surface area (Å²) in [5.41, 5.74) is 0. The van der Waals surface area contributed by atoms with Crippen LogP contribution in [0.15, 0.2) is 12.4 Å². The number of aliphatic hydroxyl groups excluding tert-OH is 2. The van der Waals surface area contributed by atoms with Crippen LogP contribution in [0.4, 0.5) is 5.95 Å². The van der Waals surface area contributed by atoms with Crippen molar-refractivity contribution in [2.24, 2.45) is 0 Å². The van der Waals surface area contributed by atoms with Crippen molar-refractivity contribution < 1.29 is 19.9 Å². The predicted molar refractivity (Wildman–Crippen MR) is 58.6 cm³/mol. The number of aromatic nitrogens is 2. The van der Waals surface area contributed by atoms with Gasteiger partial charge in [0.15, 0.2) is 0 Å². The number of hydrogen-bond acceptors (Lipinski definition) is 6. The maximum Gasteiger partial charge on any atom is 0.436 e. The second-order valence-electron chi connectivity index (χ2n) is 3.57. The van der Waals surface area contributed by atoms with Crippen molar-refractivity contribution in [2.45, 2.75) is 23.3 Å². The van der Waals surface area contributed by atoms with E-state index in [0.29, 0.717) is 0 Å². The fourth-order valence-electron chi connectivity index (χ4n) is 1.73. The summed E-state index contributed by atoms with van der Waals surface area (Å²) in [5, 5.41) is 29.6. The lowest BCUT2D eigenvalue weighted by molar-refractivity contribution is -0.398. The molecule has 0 aliphatic carbocycles. The van der Waals surface area contributed by atoms with Crippen molar-refractivity contribution in [3.63, 3.8) is 0 Å². The lowest BCUT2D eigenvalue weighted by Crippen LogP contribution is -2.28. The maximum absolute atomic E-state index is 10.7. The van der Waals surface area contributed by atoms with Crippen molar-refractivity contribution in [3.05, 3.63) is 22.5 Å². The predicted octanol–water partition coefficient (Wildman–Crippen LogP) is -0.195. The van der Waals surface area contributed by atoms with Gasteiger partial charge in [-0.05, 0) is 4.92 Å². The maximum atomic E-state index is 10.7. The summed E-state index contributed by atoms with van der Waals surface area (Å²) in [5.74, 6) is -0.410. The van der Waals surface area contributed by atoms with E-state index in [2.05, 4.69) is 20.9 Å². The first-order valence-electron chi connectivity index (χ1n) is 4.82. The molecule has 0 aromatic carbocycles. The van der Waals surface area contributed by atoms with Gasteiger partial charge in [-0.15, -0.1) is 0 Å². The van der Waals surface area contributed by atoms with Crippen LogP contribution in [0.2, 0.25) is 0 Å². The molecule has 17 heavy (non-hydrogen) atoms. The van der Waals surface area contributed by atoms with Crippen molar-refractivity contribution in [1.29, 1.82) is 0 Å². The summed E-state index contributed by atoms with van der Waals surface area (Å²) < 4.78 is 6.48. The zero-order valence-electron chi connectivity index (χ0n) is 8.51. The molecule has 4 atom stereocenters. The number of imidazole rings is 1. The van der Waals surface area contributed by atoms with Gasteiger partial charge in [0.05, 0.1) is 17.5 Å². The minimum atomic E-state index is -1.000. The van der Waals surface area contributed by atoms with E-state index in [1.54, 1.807) is 0 Å². The van der Waals surface area contributed by atoms with Crippen molar-refractivity contribution in [2.75, 3.05) is 6.61 Å². The summed E-state index contributed by atoms with van der Waals surface area (Å²) in [7, 11) is 0. The molecule has 8 nitrogen and oxygen atoms in total. The molecule has 1 aromatic rings. The zero-order chi connectivity index (χ0) is 12.6. The average molecular weight is 308 g/mol. The Hall–Kier alpha value is -1.03. The first-order chi connectivity index (χ1) is 8.06. The average Bonchev–Trinajstić information content (AvgIpc) is 2.86. The molecule has 0 amide bonds. The van der Waals surface area contributed by atoms with E-state index < -0.39 is 34.1 Å². The molecule has 1 aliphatic rings. The quantitative estimate of drug-likeness (QED) is 0.455. The summed E-state index contributed by atoms with van der Waals surface area (Å²) in [4.78, 5) is 13.1. The Morgan fingerprint density at radius 3 is 2.94 bits per heavy atom. The third-order valence-corrected chi connectivity index (χ3v) is 3.68. The van der Waals surface area contributed by atoms with Gasteiger partial charge in [0.2, 0.25) is 6.23 Å². The second kappa shape index (κ2) is 4.69. The Labute approximate surface area is 104 Å². The highest BCUT2D eigenvalue weighted by Crippen LogP contribution is 2.35. The van der Waals surface area contributed by atoms with Gasteiger partial charge >= 0.3 is 5.95 Å². The molecule has 0 spiro atoms. The van der Waals surface area contributed by atoms with E-state index in [-0.39, 0.29) is 6.61 Å². The number of nitro groups is 1. The highest BCUT2D eigenvalue weighted by molar-refractivity contribution is 9.09. The molecule has 0 saturated carbocycles. The molecule has 2 rings (SSSR count). The summed E-state index contributed by atoms with van der Waals surface area (Å²) in [6, 6.07) is 0. The first kappa shape index (κ1) is 12.4. The smallest absolute Gasteiger partial charge is 0.394 e. The molecule has 1 saturated heterocycles. The molecule has 0 bridgehead atoms. The monoisotopic (exact) mass is 307 g/mol. The number of nitrogens with zero attached hydrogens (tertiary/aromatic N) is 3. The standard InChI is InChI=1S/C8H10BrN3O5/c9-5-4(3-13)17-7(6(5)14)11-2-1-10-8(11)12(15)16/h1-2,4-7,13-14H,3H2/t4?,5-,6+,7+/m0/s1. The molecule has 2 N–H and O–H groups in total. The topological polar surface area (TPSA) is 111 Å². The van der Waals surface area contributed by atoms with Gasteiger partial charge in [-0.25, -0.2) is 0 Å². The van der Waals surface area contributed by atoms with Gasteiger partial charge in [0.25, 0.3) is 0 Å². The third-order valence-electron chi connectivity index (χ3n) is 2.55. The Morgan fingerprint density at radius 1 is 1.71 bits per heavy atom. The molecule has 1 aromatic heterocycles. The molecule has 1 unspecified atom stereocenters. The zero-order valence-corrected chi connectivity index (χ0v) is 10.1. The highest BCUT2D eigenvalue weighted by atomic mass is 79.9. The Morgan fingerprint density at radius 2 is 2.41 bits per heavy atom. The normalized spacial score (nSPS) is 32.9. The van der Waals surface area contributed by atoms with Crippen molar-refractivity contribution in [1.82, 2.24) is 9.55 Å². The van der Waals surface area contributed by atoms with E-state index in [0.717, 1.165) is 4.57 Å². The fourth-order valence-corrected chi connectivity index (χ4v) is 2.28. The second-order valence-corrected chi connectivity index (χ2v) is 4.63. The number of hydrogen-bond donors (Lipinski definition) is 2. The van der Waals surface area contributed by atoms with E-state index in [1.165, 1.54) is 12.4 Å². The van der Waals surface area contributed by atoms with E-state index in [9.17, 15) is 15.2 Å². The van der Waals surface area contributed by atoms with Gasteiger partial charge in [-0.2, -0.15) is 4.57 Å². The van der Waals surface area contributed by atoms with Crippen molar-refractivity contribution in [3.8, 4) is 0 Å². The van der Waals surface area contributed by atoms with Crippen LogP contribution in [0, 0.1) is 10.1 Å². The van der Waals surface area contributed by atoms with Crippen LogP contribution in [-0.2, 0) is 4.74 Å². The Balaban J connectivity index is 2.29. The van der Waals surface area contributed by atoms with Crippen LogP contribution in [0.3, 0.4) is 0 Å². The van der Waals surface area contributed by atoms with Gasteiger partial charge < -0.3 is 25.1 Å².